The lowest BCUT2D eigenvalue weighted by atomic mass is 10.0. The van der Waals surface area contributed by atoms with E-state index in [1.54, 1.807) is 17.5 Å². The Morgan fingerprint density at radius 1 is 1.00 bits per heavy atom. The molecule has 1 aromatic carbocycles. The number of amides is 2. The number of rotatable bonds is 5. The molecule has 1 saturated carbocycles. The summed E-state index contributed by atoms with van der Waals surface area (Å²) < 4.78 is 1.15. The van der Waals surface area contributed by atoms with Crippen LogP contribution in [-0.4, -0.2) is 17.1 Å². The maximum absolute atomic E-state index is 12.3. The fraction of sp³-hybridized carbons (Fsp3) is 0.417. The summed E-state index contributed by atoms with van der Waals surface area (Å²) in [6.45, 7) is 4.82. The topological polar surface area (TPSA) is 66.0 Å². The van der Waals surface area contributed by atoms with Crippen LogP contribution in [0.1, 0.15) is 57.9 Å². The van der Waals surface area contributed by atoms with Crippen LogP contribution in [0.15, 0.2) is 48.7 Å². The van der Waals surface area contributed by atoms with Crippen molar-refractivity contribution in [2.24, 2.45) is 0 Å². The highest BCUT2D eigenvalue weighted by atomic mass is 32.1. The number of nitrogens with one attached hydrogen (secondary N) is 3. The molecule has 0 spiro atoms. The van der Waals surface area contributed by atoms with Crippen molar-refractivity contribution in [2.45, 2.75) is 65.0 Å². The molecule has 0 bridgehead atoms. The minimum absolute atomic E-state index is 0.286. The third kappa shape index (κ3) is 7.11. The third-order valence-corrected chi connectivity index (χ3v) is 6.02. The molecule has 1 fully saturated rings. The Bertz CT molecular complexity index is 889. The summed E-state index contributed by atoms with van der Waals surface area (Å²) >= 11 is 1.55. The van der Waals surface area contributed by atoms with Gasteiger partial charge in [0.15, 0.2) is 0 Å². The standard InChI is InChI=1S/C18H20N4OS.C6H12/c1-12(2)20-11-14-7-5-9-19-17(14)22-18(23)21-16-10-13-6-3-4-8-15(13)24-16;1-2-4-6-5-3-1/h3-10,12,20H,11H2,1-2H3,(H2,19,21,22,23);1-6H2. The van der Waals surface area contributed by atoms with Gasteiger partial charge in [0.05, 0.1) is 5.00 Å². The normalized spacial score (nSPS) is 13.6. The van der Waals surface area contributed by atoms with E-state index >= 15 is 0 Å². The molecule has 30 heavy (non-hydrogen) atoms. The van der Waals surface area contributed by atoms with Crippen molar-refractivity contribution < 1.29 is 4.79 Å². The van der Waals surface area contributed by atoms with Gasteiger partial charge in [-0.05, 0) is 23.6 Å². The second-order valence-corrected chi connectivity index (χ2v) is 8.98. The summed E-state index contributed by atoms with van der Waals surface area (Å²) in [5, 5.41) is 11.0. The molecular formula is C24H32N4OS. The average molecular weight is 425 g/mol. The number of anilines is 2. The van der Waals surface area contributed by atoms with E-state index in [4.69, 9.17) is 0 Å². The largest absolute Gasteiger partial charge is 0.325 e. The van der Waals surface area contributed by atoms with Crippen molar-refractivity contribution in [3.05, 3.63) is 54.2 Å². The van der Waals surface area contributed by atoms with Gasteiger partial charge in [-0.15, -0.1) is 11.3 Å². The summed E-state index contributed by atoms with van der Waals surface area (Å²) in [5.74, 6) is 0.573. The summed E-state index contributed by atoms with van der Waals surface area (Å²) in [6, 6.07) is 13.9. The van der Waals surface area contributed by atoms with Crippen LogP contribution < -0.4 is 16.0 Å². The second kappa shape index (κ2) is 11.7. The molecule has 0 radical (unpaired) electrons. The number of aromatic nitrogens is 1. The van der Waals surface area contributed by atoms with Crippen molar-refractivity contribution in [1.29, 1.82) is 0 Å². The molecule has 5 nitrogen and oxygen atoms in total. The van der Waals surface area contributed by atoms with Gasteiger partial charge in [-0.2, -0.15) is 0 Å². The lowest BCUT2D eigenvalue weighted by Crippen LogP contribution is -2.24. The van der Waals surface area contributed by atoms with E-state index in [2.05, 4.69) is 34.8 Å². The van der Waals surface area contributed by atoms with Crippen molar-refractivity contribution in [3.8, 4) is 0 Å². The van der Waals surface area contributed by atoms with E-state index in [0.717, 1.165) is 20.7 Å². The molecule has 0 aliphatic heterocycles. The zero-order chi connectivity index (χ0) is 21.2. The quantitative estimate of drug-likeness (QED) is 0.423. The summed E-state index contributed by atoms with van der Waals surface area (Å²) in [5.41, 5.74) is 0.956. The number of hydrogen-bond donors (Lipinski definition) is 3. The molecule has 6 heteroatoms. The van der Waals surface area contributed by atoms with Gasteiger partial charge in [0.2, 0.25) is 0 Å². The molecule has 1 aliphatic carbocycles. The zero-order valence-corrected chi connectivity index (χ0v) is 18.7. The Balaban J connectivity index is 0.000000367. The second-order valence-electron chi connectivity index (χ2n) is 7.90. The Morgan fingerprint density at radius 2 is 1.70 bits per heavy atom. The molecule has 160 valence electrons. The highest BCUT2D eigenvalue weighted by molar-refractivity contribution is 7.22. The summed E-state index contributed by atoms with van der Waals surface area (Å²) in [6.07, 6.45) is 10.7. The number of benzene rings is 1. The van der Waals surface area contributed by atoms with Crippen LogP contribution in [0, 0.1) is 0 Å². The fourth-order valence-electron chi connectivity index (χ4n) is 3.36. The molecule has 2 amide bonds. The van der Waals surface area contributed by atoms with Crippen molar-refractivity contribution in [1.82, 2.24) is 10.3 Å². The number of hydrogen-bond acceptors (Lipinski definition) is 4. The number of carbonyl (C=O) groups excluding carboxylic acids is 1. The number of pyridine rings is 1. The van der Waals surface area contributed by atoms with Crippen LogP contribution in [-0.2, 0) is 6.54 Å². The maximum atomic E-state index is 12.3. The molecule has 2 aromatic heterocycles. The van der Waals surface area contributed by atoms with Gasteiger partial charge in [0.25, 0.3) is 0 Å². The van der Waals surface area contributed by atoms with Crippen LogP contribution >= 0.6 is 11.3 Å². The van der Waals surface area contributed by atoms with Gasteiger partial charge >= 0.3 is 6.03 Å². The van der Waals surface area contributed by atoms with Crippen LogP contribution in [0.5, 0.6) is 0 Å². The zero-order valence-electron chi connectivity index (χ0n) is 17.9. The van der Waals surface area contributed by atoms with Gasteiger partial charge in [0, 0.05) is 29.0 Å². The van der Waals surface area contributed by atoms with Gasteiger partial charge in [-0.1, -0.05) is 76.6 Å². The van der Waals surface area contributed by atoms with Gasteiger partial charge in [-0.3, -0.25) is 10.6 Å². The summed E-state index contributed by atoms with van der Waals surface area (Å²) in [4.78, 5) is 16.5. The van der Waals surface area contributed by atoms with Crippen molar-refractivity contribution in [2.75, 3.05) is 10.6 Å². The Hall–Kier alpha value is -2.44. The smallest absolute Gasteiger partial charge is 0.310 e. The minimum Gasteiger partial charge on any atom is -0.310 e. The molecule has 2 heterocycles. The number of urea groups is 1. The first kappa shape index (κ1) is 22.2. The molecular weight excluding hydrogens is 392 g/mol. The van der Waals surface area contributed by atoms with E-state index in [0.29, 0.717) is 18.4 Å². The number of nitrogens with zero attached hydrogens (tertiary/aromatic N) is 1. The molecule has 0 unspecified atom stereocenters. The molecule has 0 saturated heterocycles. The van der Waals surface area contributed by atoms with E-state index in [9.17, 15) is 4.79 Å². The van der Waals surface area contributed by atoms with E-state index in [1.165, 1.54) is 38.5 Å². The van der Waals surface area contributed by atoms with E-state index < -0.39 is 0 Å². The molecule has 0 atom stereocenters. The van der Waals surface area contributed by atoms with Gasteiger partial charge in [-0.25, -0.2) is 9.78 Å². The average Bonchev–Trinajstić information content (AvgIpc) is 3.17. The minimum atomic E-state index is -0.286. The highest BCUT2D eigenvalue weighted by Crippen LogP contribution is 2.29. The lowest BCUT2D eigenvalue weighted by Gasteiger charge is -2.12. The molecule has 4 rings (SSSR count). The maximum Gasteiger partial charge on any atom is 0.325 e. The van der Waals surface area contributed by atoms with Crippen LogP contribution in [0.25, 0.3) is 10.1 Å². The van der Waals surface area contributed by atoms with Crippen LogP contribution in [0.3, 0.4) is 0 Å². The Labute approximate surface area is 183 Å². The Kier molecular flexibility index (Phi) is 8.66. The molecule has 3 N–H and O–H groups in total. The Morgan fingerprint density at radius 3 is 2.37 bits per heavy atom. The van der Waals surface area contributed by atoms with E-state index in [-0.39, 0.29) is 6.03 Å². The van der Waals surface area contributed by atoms with Gasteiger partial charge < -0.3 is 5.32 Å². The SMILES string of the molecule is C1CCCCC1.CC(C)NCc1cccnc1NC(=O)Nc1cc2ccccc2s1. The van der Waals surface area contributed by atoms with Crippen LogP contribution in [0.2, 0.25) is 0 Å². The van der Waals surface area contributed by atoms with Crippen molar-refractivity contribution >= 4 is 38.3 Å². The monoisotopic (exact) mass is 424 g/mol. The van der Waals surface area contributed by atoms with Crippen molar-refractivity contribution in [3.63, 3.8) is 0 Å². The van der Waals surface area contributed by atoms with Crippen LogP contribution in [0.4, 0.5) is 15.6 Å². The summed E-state index contributed by atoms with van der Waals surface area (Å²) in [7, 11) is 0. The first-order valence-corrected chi connectivity index (χ1v) is 11.7. The molecule has 3 aromatic rings. The number of fused-ring (bicyclic) bond motifs is 1. The predicted octanol–water partition coefficient (Wildman–Crippen LogP) is 6.78. The highest BCUT2D eigenvalue weighted by Gasteiger charge is 2.10. The lowest BCUT2D eigenvalue weighted by molar-refractivity contribution is 0.262. The first-order valence-electron chi connectivity index (χ1n) is 10.9. The molecule has 1 aliphatic rings. The number of carbonyl (C=O) groups is 1. The fourth-order valence-corrected chi connectivity index (χ4v) is 4.32. The number of thiophene rings is 1. The predicted molar refractivity (Wildman–Crippen MR) is 128 cm³/mol. The third-order valence-electron chi connectivity index (χ3n) is 4.99. The first-order chi connectivity index (χ1) is 14.6. The van der Waals surface area contributed by atoms with E-state index in [1.807, 2.05) is 42.5 Å². The van der Waals surface area contributed by atoms with Gasteiger partial charge in [0.1, 0.15) is 5.82 Å².